The fourth-order valence-electron chi connectivity index (χ4n) is 2.48. The molecule has 3 aromatic rings. The molecule has 0 spiro atoms. The second-order valence-corrected chi connectivity index (χ2v) is 5.41. The van der Waals surface area contributed by atoms with Gasteiger partial charge in [0.25, 0.3) is 0 Å². The number of ether oxygens (including phenoxy) is 3. The second kappa shape index (κ2) is 7.18. The van der Waals surface area contributed by atoms with E-state index in [1.54, 1.807) is 18.2 Å². The summed E-state index contributed by atoms with van der Waals surface area (Å²) in [7, 11) is 2.96. The molecule has 0 unspecified atom stereocenters. The van der Waals surface area contributed by atoms with Crippen LogP contribution in [-0.2, 0) is 11.3 Å². The number of rotatable bonds is 5. The van der Waals surface area contributed by atoms with E-state index >= 15 is 0 Å². The van der Waals surface area contributed by atoms with E-state index in [-0.39, 0.29) is 17.9 Å². The van der Waals surface area contributed by atoms with Crippen molar-refractivity contribution in [3.05, 3.63) is 64.0 Å². The van der Waals surface area contributed by atoms with E-state index in [2.05, 4.69) is 0 Å². The Morgan fingerprint density at radius 2 is 1.73 bits per heavy atom. The molecule has 3 rings (SSSR count). The van der Waals surface area contributed by atoms with Crippen LogP contribution in [-0.4, -0.2) is 25.3 Å². The molecule has 2 aromatic carbocycles. The summed E-state index contributed by atoms with van der Waals surface area (Å²) in [5, 5.41) is 10.5. The van der Waals surface area contributed by atoms with E-state index in [4.69, 9.17) is 18.6 Å². The van der Waals surface area contributed by atoms with Gasteiger partial charge in [-0.15, -0.1) is 0 Å². The number of fused-ring (bicyclic) bond motifs is 1. The summed E-state index contributed by atoms with van der Waals surface area (Å²) in [5.41, 5.74) is 0.209. The lowest BCUT2D eigenvalue weighted by atomic mass is 10.1. The lowest BCUT2D eigenvalue weighted by Gasteiger charge is -2.10. The Kier molecular flexibility index (Phi) is 4.79. The minimum absolute atomic E-state index is 0.0294. The first-order chi connectivity index (χ1) is 12.5. The molecule has 7 nitrogen and oxygen atoms in total. The van der Waals surface area contributed by atoms with Gasteiger partial charge in [-0.2, -0.15) is 0 Å². The third-order valence-electron chi connectivity index (χ3n) is 3.82. The Bertz CT molecular complexity index is 1020. The fourth-order valence-corrected chi connectivity index (χ4v) is 2.48. The third-order valence-corrected chi connectivity index (χ3v) is 3.82. The molecule has 134 valence electrons. The predicted octanol–water partition coefficient (Wildman–Crippen LogP) is 2.87. The smallest absolute Gasteiger partial charge is 0.342 e. The van der Waals surface area contributed by atoms with Gasteiger partial charge in [0.1, 0.15) is 35.0 Å². The highest BCUT2D eigenvalue weighted by atomic mass is 16.5. The van der Waals surface area contributed by atoms with Gasteiger partial charge in [0.2, 0.25) is 0 Å². The van der Waals surface area contributed by atoms with E-state index in [9.17, 15) is 14.7 Å². The van der Waals surface area contributed by atoms with Crippen molar-refractivity contribution in [1.29, 1.82) is 0 Å². The van der Waals surface area contributed by atoms with Crippen molar-refractivity contribution in [2.45, 2.75) is 6.61 Å². The largest absolute Gasteiger partial charge is 0.507 e. The zero-order valence-electron chi connectivity index (χ0n) is 14.1. The van der Waals surface area contributed by atoms with E-state index in [1.165, 1.54) is 38.5 Å². The summed E-state index contributed by atoms with van der Waals surface area (Å²) >= 11 is 0. The summed E-state index contributed by atoms with van der Waals surface area (Å²) < 4.78 is 20.5. The maximum atomic E-state index is 12.3. The number of esters is 1. The molecule has 0 aliphatic heterocycles. The van der Waals surface area contributed by atoms with Crippen LogP contribution < -0.4 is 15.1 Å². The van der Waals surface area contributed by atoms with Crippen LogP contribution >= 0.6 is 0 Å². The summed E-state index contributed by atoms with van der Waals surface area (Å²) in [4.78, 5) is 24.0. The molecule has 1 N–H and O–H groups in total. The van der Waals surface area contributed by atoms with Crippen molar-refractivity contribution in [2.75, 3.05) is 14.2 Å². The molecule has 0 amide bonds. The van der Waals surface area contributed by atoms with Crippen LogP contribution in [0, 0.1) is 0 Å². The highest BCUT2D eigenvalue weighted by molar-refractivity contribution is 5.93. The first kappa shape index (κ1) is 17.3. The number of phenols is 1. The Morgan fingerprint density at radius 3 is 2.46 bits per heavy atom. The Labute approximate surface area is 148 Å². The Hall–Kier alpha value is -3.48. The minimum Gasteiger partial charge on any atom is -0.507 e. The second-order valence-electron chi connectivity index (χ2n) is 5.41. The summed E-state index contributed by atoms with van der Waals surface area (Å²) in [5.74, 6) is -0.0157. The highest BCUT2D eigenvalue weighted by Gasteiger charge is 2.15. The number of hydrogen-bond donors (Lipinski definition) is 1. The Morgan fingerprint density at radius 1 is 1.04 bits per heavy atom. The number of methoxy groups -OCH3 is 2. The van der Waals surface area contributed by atoms with Crippen molar-refractivity contribution in [3.8, 4) is 17.2 Å². The molecular weight excluding hydrogens is 340 g/mol. The van der Waals surface area contributed by atoms with Crippen LogP contribution in [0.4, 0.5) is 0 Å². The number of carbonyl (C=O) groups excluding carboxylic acids is 1. The van der Waals surface area contributed by atoms with Crippen LogP contribution in [0.2, 0.25) is 0 Å². The number of hydrogen-bond acceptors (Lipinski definition) is 7. The molecule has 0 fully saturated rings. The lowest BCUT2D eigenvalue weighted by molar-refractivity contribution is 0.0470. The minimum atomic E-state index is -0.740. The average Bonchev–Trinajstić information content (AvgIpc) is 2.65. The van der Waals surface area contributed by atoms with Gasteiger partial charge in [-0.1, -0.05) is 0 Å². The van der Waals surface area contributed by atoms with Crippen molar-refractivity contribution >= 4 is 16.9 Å². The number of aromatic hydroxyl groups is 1. The molecule has 26 heavy (non-hydrogen) atoms. The van der Waals surface area contributed by atoms with Gasteiger partial charge in [0.15, 0.2) is 0 Å². The third kappa shape index (κ3) is 3.46. The maximum Gasteiger partial charge on any atom is 0.342 e. The molecule has 1 heterocycles. The maximum absolute atomic E-state index is 12.3. The quantitative estimate of drug-likeness (QED) is 0.555. The van der Waals surface area contributed by atoms with Crippen LogP contribution in [0.25, 0.3) is 11.0 Å². The van der Waals surface area contributed by atoms with Gasteiger partial charge in [0.05, 0.1) is 14.2 Å². The van der Waals surface area contributed by atoms with E-state index in [0.717, 1.165) is 0 Å². The number of phenolic OH excluding ortho intramolecular Hbond substituents is 1. The van der Waals surface area contributed by atoms with Crippen LogP contribution in [0.5, 0.6) is 17.2 Å². The summed E-state index contributed by atoms with van der Waals surface area (Å²) in [6.07, 6.45) is 0. The molecule has 0 radical (unpaired) electrons. The summed E-state index contributed by atoms with van der Waals surface area (Å²) in [6, 6.07) is 10.5. The first-order valence-electron chi connectivity index (χ1n) is 7.66. The van der Waals surface area contributed by atoms with Crippen molar-refractivity contribution in [1.82, 2.24) is 0 Å². The monoisotopic (exact) mass is 356 g/mol. The number of carbonyl (C=O) groups is 1. The van der Waals surface area contributed by atoms with Crippen molar-refractivity contribution < 1.29 is 28.5 Å². The average molecular weight is 356 g/mol. The molecule has 0 saturated carbocycles. The summed E-state index contributed by atoms with van der Waals surface area (Å²) in [6.45, 7) is -0.163. The van der Waals surface area contributed by atoms with Gasteiger partial charge < -0.3 is 23.7 Å². The van der Waals surface area contributed by atoms with Crippen molar-refractivity contribution in [3.63, 3.8) is 0 Å². The van der Waals surface area contributed by atoms with Crippen LogP contribution in [0.15, 0.2) is 51.7 Å². The molecule has 0 saturated heterocycles. The standard InChI is InChI=1S/C19H16O7/c1-23-12-4-6-16(20)15(8-12)19(22)25-10-11-7-18(21)26-17-9-13(24-2)3-5-14(11)17/h3-9,20H,10H2,1-2H3. The van der Waals surface area contributed by atoms with Gasteiger partial charge >= 0.3 is 11.6 Å². The molecule has 0 bridgehead atoms. The first-order valence-corrected chi connectivity index (χ1v) is 7.66. The van der Waals surface area contributed by atoms with Crippen molar-refractivity contribution in [2.24, 2.45) is 0 Å². The number of benzene rings is 2. The zero-order chi connectivity index (χ0) is 18.7. The molecule has 0 aliphatic carbocycles. The van der Waals surface area contributed by atoms with Gasteiger partial charge in [-0.05, 0) is 30.3 Å². The van der Waals surface area contributed by atoms with E-state index in [0.29, 0.717) is 28.0 Å². The molecule has 0 atom stereocenters. The molecule has 0 aliphatic rings. The molecule has 7 heteroatoms. The molecular formula is C19H16O7. The normalized spacial score (nSPS) is 10.5. The van der Waals surface area contributed by atoms with Crippen LogP contribution in [0.3, 0.4) is 0 Å². The van der Waals surface area contributed by atoms with Gasteiger partial charge in [-0.25, -0.2) is 9.59 Å². The predicted molar refractivity (Wildman–Crippen MR) is 92.8 cm³/mol. The SMILES string of the molecule is COc1ccc(O)c(C(=O)OCc2cc(=O)oc3cc(OC)ccc23)c1. The lowest BCUT2D eigenvalue weighted by Crippen LogP contribution is -2.08. The topological polar surface area (TPSA) is 95.2 Å². The highest BCUT2D eigenvalue weighted by Crippen LogP contribution is 2.26. The van der Waals surface area contributed by atoms with E-state index < -0.39 is 11.6 Å². The van der Waals surface area contributed by atoms with E-state index in [1.807, 2.05) is 0 Å². The molecule has 1 aromatic heterocycles. The zero-order valence-corrected chi connectivity index (χ0v) is 14.1. The fraction of sp³-hybridized carbons (Fsp3) is 0.158. The van der Waals surface area contributed by atoms with Gasteiger partial charge in [0, 0.05) is 23.1 Å². The van der Waals surface area contributed by atoms with Crippen LogP contribution in [0.1, 0.15) is 15.9 Å². The Balaban J connectivity index is 1.88. The van der Waals surface area contributed by atoms with Gasteiger partial charge in [-0.3, -0.25) is 0 Å².